The van der Waals surface area contributed by atoms with Crippen LogP contribution >= 0.6 is 50.5 Å². The molecule has 0 saturated heterocycles. The Morgan fingerprint density at radius 1 is 1.33 bits per heavy atom. The van der Waals surface area contributed by atoms with Gasteiger partial charge < -0.3 is 0 Å². The molecule has 1 nitrogen and oxygen atoms in total. The third kappa shape index (κ3) is 1.46. The van der Waals surface area contributed by atoms with E-state index in [4.69, 9.17) is 23.2 Å². The van der Waals surface area contributed by atoms with E-state index < -0.39 is 0 Å². The van der Waals surface area contributed by atoms with Crippen molar-refractivity contribution >= 4 is 60.7 Å². The van der Waals surface area contributed by atoms with Crippen molar-refractivity contribution in [2.45, 2.75) is 0 Å². The van der Waals surface area contributed by atoms with E-state index in [-0.39, 0.29) is 0 Å². The zero-order valence-corrected chi connectivity index (χ0v) is 9.56. The van der Waals surface area contributed by atoms with Crippen LogP contribution in [0.3, 0.4) is 0 Å². The lowest BCUT2D eigenvalue weighted by molar-refractivity contribution is 1.45. The van der Waals surface area contributed by atoms with Crippen LogP contribution in [0.1, 0.15) is 0 Å². The maximum absolute atomic E-state index is 5.91. The molecule has 1 aromatic heterocycles. The summed E-state index contributed by atoms with van der Waals surface area (Å²) < 4.78 is 1.82. The van der Waals surface area contributed by atoms with Gasteiger partial charge in [-0.05, 0) is 28.1 Å². The van der Waals surface area contributed by atoms with Gasteiger partial charge in [-0.3, -0.25) is 0 Å². The van der Waals surface area contributed by atoms with E-state index in [9.17, 15) is 0 Å². The van der Waals surface area contributed by atoms with Crippen molar-refractivity contribution in [3.8, 4) is 0 Å². The zero-order valence-electron chi connectivity index (χ0n) is 5.64. The monoisotopic (exact) mass is 281 g/mol. The molecular weight excluding hydrogens is 281 g/mol. The minimum absolute atomic E-state index is 0.597. The topological polar surface area (TPSA) is 12.9 Å². The molecule has 62 valence electrons. The average Bonchev–Trinajstić information content (AvgIpc) is 2.29. The fourth-order valence-electron chi connectivity index (χ4n) is 0.930. The fraction of sp³-hybridized carbons (Fsp3) is 0. The number of fused-ring (bicyclic) bond motifs is 1. The minimum atomic E-state index is 0.597. The number of nitrogens with zero attached hydrogens (tertiary/aromatic N) is 1. The number of thiazole rings is 1. The van der Waals surface area contributed by atoms with E-state index in [0.29, 0.717) is 10.0 Å². The number of aromatic nitrogens is 1. The van der Waals surface area contributed by atoms with Crippen LogP contribution in [-0.2, 0) is 0 Å². The molecule has 12 heavy (non-hydrogen) atoms. The summed E-state index contributed by atoms with van der Waals surface area (Å²) in [5, 5.41) is 1.24. The van der Waals surface area contributed by atoms with Crippen molar-refractivity contribution in [3.05, 3.63) is 26.1 Å². The largest absolute Gasteiger partial charge is 0.227 e. The van der Waals surface area contributed by atoms with Crippen LogP contribution in [0.25, 0.3) is 10.2 Å². The summed E-state index contributed by atoms with van der Waals surface area (Å²) in [4.78, 5) is 4.20. The molecule has 0 fully saturated rings. The number of halogens is 3. The number of rotatable bonds is 0. The highest BCUT2D eigenvalue weighted by Gasteiger charge is 2.06. The van der Waals surface area contributed by atoms with E-state index in [1.807, 2.05) is 6.07 Å². The van der Waals surface area contributed by atoms with E-state index in [2.05, 4.69) is 20.9 Å². The molecule has 5 heteroatoms. The van der Waals surface area contributed by atoms with Gasteiger partial charge in [0.15, 0.2) is 3.92 Å². The maximum atomic E-state index is 5.91. The maximum Gasteiger partial charge on any atom is 0.160 e. The first-order valence-corrected chi connectivity index (χ1v) is 5.44. The lowest BCUT2D eigenvalue weighted by Gasteiger charge is -1.92. The van der Waals surface area contributed by atoms with Gasteiger partial charge in [0.25, 0.3) is 0 Å². The quantitative estimate of drug-likeness (QED) is 0.699. The highest BCUT2D eigenvalue weighted by Crippen LogP contribution is 2.33. The second-order valence-electron chi connectivity index (χ2n) is 2.20. The van der Waals surface area contributed by atoms with E-state index in [1.165, 1.54) is 11.3 Å². The lowest BCUT2D eigenvalue weighted by atomic mass is 10.3. The molecule has 0 aliphatic rings. The second-order valence-corrected chi connectivity index (χ2v) is 5.35. The van der Waals surface area contributed by atoms with Gasteiger partial charge in [-0.2, -0.15) is 0 Å². The van der Waals surface area contributed by atoms with Crippen LogP contribution in [0.2, 0.25) is 10.0 Å². The highest BCUT2D eigenvalue weighted by atomic mass is 79.9. The summed E-state index contributed by atoms with van der Waals surface area (Å²) >= 11 is 16.5. The Labute approximate surface area is 91.4 Å². The first-order chi connectivity index (χ1) is 5.66. The molecule has 0 unspecified atom stereocenters. The number of benzene rings is 1. The van der Waals surface area contributed by atoms with Gasteiger partial charge in [0.2, 0.25) is 0 Å². The van der Waals surface area contributed by atoms with Gasteiger partial charge in [0.1, 0.15) is 5.52 Å². The summed E-state index contributed by atoms with van der Waals surface area (Å²) in [5.41, 5.74) is 0.804. The van der Waals surface area contributed by atoms with Gasteiger partial charge in [0, 0.05) is 5.02 Å². The first-order valence-electron chi connectivity index (χ1n) is 3.08. The van der Waals surface area contributed by atoms with Crippen LogP contribution in [0, 0.1) is 0 Å². The summed E-state index contributed by atoms with van der Waals surface area (Å²) in [5.74, 6) is 0. The molecular formula is C7H2BrCl2NS. The molecule has 0 atom stereocenters. The zero-order chi connectivity index (χ0) is 8.72. The first kappa shape index (κ1) is 8.75. The Morgan fingerprint density at radius 3 is 2.83 bits per heavy atom. The Hall–Kier alpha value is 0.170. The van der Waals surface area contributed by atoms with Crippen LogP contribution in [-0.4, -0.2) is 4.98 Å². The Morgan fingerprint density at radius 2 is 2.08 bits per heavy atom. The molecule has 0 amide bonds. The van der Waals surface area contributed by atoms with Gasteiger partial charge in [-0.25, -0.2) is 4.98 Å². The van der Waals surface area contributed by atoms with Crippen molar-refractivity contribution < 1.29 is 0 Å². The van der Waals surface area contributed by atoms with Crippen molar-refractivity contribution in [1.82, 2.24) is 4.98 Å². The van der Waals surface area contributed by atoms with E-state index in [0.717, 1.165) is 14.1 Å². The molecule has 0 aliphatic heterocycles. The lowest BCUT2D eigenvalue weighted by Crippen LogP contribution is -1.70. The van der Waals surface area contributed by atoms with Crippen molar-refractivity contribution in [1.29, 1.82) is 0 Å². The summed E-state index contributed by atoms with van der Waals surface area (Å²) in [7, 11) is 0. The van der Waals surface area contributed by atoms with Gasteiger partial charge in [-0.15, -0.1) is 11.3 Å². The van der Waals surface area contributed by atoms with Crippen molar-refractivity contribution in [2.75, 3.05) is 0 Å². The fourth-order valence-corrected chi connectivity index (χ4v) is 3.04. The van der Waals surface area contributed by atoms with Crippen LogP contribution < -0.4 is 0 Å². The average molecular weight is 283 g/mol. The molecule has 0 bridgehead atoms. The second kappa shape index (κ2) is 3.14. The molecule has 0 spiro atoms. The summed E-state index contributed by atoms with van der Waals surface area (Å²) in [6.45, 7) is 0. The molecule has 0 saturated carbocycles. The Balaban J connectivity index is 2.88. The third-order valence-electron chi connectivity index (χ3n) is 1.39. The molecule has 2 rings (SSSR count). The smallest absolute Gasteiger partial charge is 0.160 e. The molecule has 1 aromatic carbocycles. The highest BCUT2D eigenvalue weighted by molar-refractivity contribution is 9.11. The standard InChI is InChI=1S/C7H2BrCl2NS/c8-7-11-6-4(10)1-3(9)2-5(6)12-7/h1-2H. The van der Waals surface area contributed by atoms with E-state index in [1.54, 1.807) is 6.07 Å². The molecule has 1 heterocycles. The predicted molar refractivity (Wildman–Crippen MR) is 57.3 cm³/mol. The van der Waals surface area contributed by atoms with Crippen LogP contribution in [0.5, 0.6) is 0 Å². The van der Waals surface area contributed by atoms with Gasteiger partial charge in [0.05, 0.1) is 9.72 Å². The summed E-state index contributed by atoms with van der Waals surface area (Å²) in [6, 6.07) is 3.54. The van der Waals surface area contributed by atoms with Gasteiger partial charge in [-0.1, -0.05) is 23.2 Å². The molecule has 0 N–H and O–H groups in total. The third-order valence-corrected chi connectivity index (χ3v) is 3.35. The normalized spacial score (nSPS) is 10.9. The molecule has 0 radical (unpaired) electrons. The molecule has 2 aromatic rings. The van der Waals surface area contributed by atoms with Crippen LogP contribution in [0.15, 0.2) is 16.0 Å². The SMILES string of the molecule is Clc1cc(Cl)c2nc(Br)sc2c1. The minimum Gasteiger partial charge on any atom is -0.227 e. The molecule has 0 aliphatic carbocycles. The van der Waals surface area contributed by atoms with Crippen molar-refractivity contribution in [2.24, 2.45) is 0 Å². The Kier molecular flexibility index (Phi) is 2.29. The van der Waals surface area contributed by atoms with Crippen LogP contribution in [0.4, 0.5) is 0 Å². The summed E-state index contributed by atoms with van der Waals surface area (Å²) in [6.07, 6.45) is 0. The van der Waals surface area contributed by atoms with Crippen molar-refractivity contribution in [3.63, 3.8) is 0 Å². The predicted octanol–water partition coefficient (Wildman–Crippen LogP) is 4.37. The number of hydrogen-bond donors (Lipinski definition) is 0. The van der Waals surface area contributed by atoms with E-state index >= 15 is 0 Å². The Bertz CT molecular complexity index is 440. The number of hydrogen-bond acceptors (Lipinski definition) is 2. The van der Waals surface area contributed by atoms with Gasteiger partial charge >= 0.3 is 0 Å².